The van der Waals surface area contributed by atoms with E-state index in [1.54, 1.807) is 6.92 Å². The smallest absolute Gasteiger partial charge is 0.326 e. The number of sulfonamides is 1. The van der Waals surface area contributed by atoms with E-state index in [4.69, 9.17) is 17.3 Å². The average molecular weight is 379 g/mol. The highest BCUT2D eigenvalue weighted by molar-refractivity contribution is 7.89. The van der Waals surface area contributed by atoms with Gasteiger partial charge in [0.1, 0.15) is 0 Å². The minimum atomic E-state index is -4.80. The molecule has 1 aromatic carbocycles. The Morgan fingerprint density at radius 1 is 1.32 bits per heavy atom. The number of halogens is 5. The van der Waals surface area contributed by atoms with Crippen LogP contribution in [0.5, 0.6) is 0 Å². The van der Waals surface area contributed by atoms with Crippen molar-refractivity contribution in [3.05, 3.63) is 28.8 Å². The first-order valence-electron chi connectivity index (χ1n) is 6.16. The molecule has 0 radical (unpaired) electrons. The average Bonchev–Trinajstić information content (AvgIpc) is 2.69. The summed E-state index contributed by atoms with van der Waals surface area (Å²) >= 11 is 5.55. The molecule has 0 aliphatic carbocycles. The summed E-state index contributed by atoms with van der Waals surface area (Å²) in [5, 5.41) is -0.173. The summed E-state index contributed by atoms with van der Waals surface area (Å²) in [6, 6.07) is 2.24. The van der Waals surface area contributed by atoms with Crippen LogP contribution in [0.1, 0.15) is 12.5 Å². The van der Waals surface area contributed by atoms with E-state index in [0.29, 0.717) is 6.07 Å². The lowest BCUT2D eigenvalue weighted by Crippen LogP contribution is -2.33. The third kappa shape index (κ3) is 3.68. The molecular weight excluding hydrogens is 364 g/mol. The predicted molar refractivity (Wildman–Crippen MR) is 79.6 cm³/mol. The van der Waals surface area contributed by atoms with Crippen molar-refractivity contribution in [2.24, 2.45) is 11.7 Å². The van der Waals surface area contributed by atoms with Crippen LogP contribution in [0, 0.1) is 5.92 Å². The molecule has 126 valence electrons. The number of hydrogen-bond acceptors (Lipinski definition) is 3. The Labute approximate surface area is 137 Å². The monoisotopic (exact) mass is 378 g/mol. The Morgan fingerprint density at radius 2 is 1.91 bits per heavy atom. The molecule has 1 aromatic rings. The number of hydrogen-bond donors (Lipinski definition) is 1. The van der Waals surface area contributed by atoms with Crippen molar-refractivity contribution >= 4 is 34.0 Å². The zero-order chi connectivity index (χ0) is 16.0. The molecule has 1 saturated heterocycles. The fraction of sp³-hybridized carbons (Fsp3) is 0.500. The van der Waals surface area contributed by atoms with Gasteiger partial charge in [0.05, 0.1) is 10.5 Å². The van der Waals surface area contributed by atoms with Crippen molar-refractivity contribution in [2.45, 2.75) is 24.0 Å². The molecule has 22 heavy (non-hydrogen) atoms. The summed E-state index contributed by atoms with van der Waals surface area (Å²) in [5.41, 5.74) is 4.48. The first-order chi connectivity index (χ1) is 9.53. The van der Waals surface area contributed by atoms with Crippen LogP contribution in [0.4, 0.5) is 13.2 Å². The number of benzene rings is 1. The van der Waals surface area contributed by atoms with Crippen LogP contribution in [0.25, 0.3) is 0 Å². The van der Waals surface area contributed by atoms with E-state index in [1.807, 2.05) is 0 Å². The summed E-state index contributed by atoms with van der Waals surface area (Å²) in [6.07, 6.45) is -4.80. The zero-order valence-electron chi connectivity index (χ0n) is 11.5. The normalized spacial score (nSPS) is 23.4. The van der Waals surface area contributed by atoms with Gasteiger partial charge in [-0.2, -0.15) is 17.5 Å². The van der Waals surface area contributed by atoms with Crippen LogP contribution < -0.4 is 5.73 Å². The molecule has 0 spiro atoms. The third-order valence-corrected chi connectivity index (χ3v) is 5.63. The van der Waals surface area contributed by atoms with Gasteiger partial charge in [0.15, 0.2) is 0 Å². The van der Waals surface area contributed by atoms with Gasteiger partial charge in [-0.05, 0) is 24.1 Å². The summed E-state index contributed by atoms with van der Waals surface area (Å²) in [4.78, 5) is -0.791. The molecule has 0 bridgehead atoms. The van der Waals surface area contributed by atoms with E-state index in [2.05, 4.69) is 0 Å². The van der Waals surface area contributed by atoms with E-state index < -0.39 is 26.7 Å². The maximum Gasteiger partial charge on any atom is 0.417 e. The number of nitrogens with two attached hydrogens (primary N) is 1. The molecule has 0 amide bonds. The second kappa shape index (κ2) is 6.52. The van der Waals surface area contributed by atoms with Crippen molar-refractivity contribution in [1.82, 2.24) is 4.31 Å². The number of nitrogens with zero attached hydrogens (tertiary/aromatic N) is 1. The predicted octanol–water partition coefficient (Wildman–Crippen LogP) is 2.75. The SMILES string of the molecule is CC1CN(S(=O)(=O)c2ccc(Cl)cc2C(F)(F)F)CC1N.Cl. The van der Waals surface area contributed by atoms with Gasteiger partial charge in [-0.1, -0.05) is 18.5 Å². The lowest BCUT2D eigenvalue weighted by Gasteiger charge is -2.19. The van der Waals surface area contributed by atoms with Gasteiger partial charge in [-0.25, -0.2) is 8.42 Å². The van der Waals surface area contributed by atoms with E-state index in [-0.39, 0.29) is 42.5 Å². The van der Waals surface area contributed by atoms with E-state index in [0.717, 1.165) is 16.4 Å². The van der Waals surface area contributed by atoms with Gasteiger partial charge in [0.2, 0.25) is 10.0 Å². The van der Waals surface area contributed by atoms with E-state index in [1.165, 1.54) is 0 Å². The molecule has 1 heterocycles. The molecule has 4 nitrogen and oxygen atoms in total. The topological polar surface area (TPSA) is 63.4 Å². The Kier molecular flexibility index (Phi) is 5.79. The maximum absolute atomic E-state index is 13.0. The van der Waals surface area contributed by atoms with E-state index >= 15 is 0 Å². The van der Waals surface area contributed by atoms with Gasteiger partial charge < -0.3 is 5.73 Å². The van der Waals surface area contributed by atoms with Crippen molar-refractivity contribution in [2.75, 3.05) is 13.1 Å². The second-order valence-electron chi connectivity index (χ2n) is 5.10. The highest BCUT2D eigenvalue weighted by Crippen LogP contribution is 2.37. The first-order valence-corrected chi connectivity index (χ1v) is 7.97. The summed E-state index contributed by atoms with van der Waals surface area (Å²) < 4.78 is 64.9. The molecular formula is C12H15Cl2F3N2O2S. The van der Waals surface area contributed by atoms with Crippen LogP contribution in [-0.4, -0.2) is 31.9 Å². The summed E-state index contributed by atoms with van der Waals surface area (Å²) in [7, 11) is -4.26. The van der Waals surface area contributed by atoms with Gasteiger partial charge in [0, 0.05) is 24.2 Å². The Morgan fingerprint density at radius 3 is 2.36 bits per heavy atom. The fourth-order valence-corrected chi connectivity index (χ4v) is 4.17. The molecule has 2 atom stereocenters. The summed E-state index contributed by atoms with van der Waals surface area (Å²) in [6.45, 7) is 1.86. The lowest BCUT2D eigenvalue weighted by molar-refractivity contribution is -0.139. The number of rotatable bonds is 2. The zero-order valence-corrected chi connectivity index (χ0v) is 13.9. The highest BCUT2D eigenvalue weighted by Gasteiger charge is 2.42. The molecule has 10 heteroatoms. The van der Waals surface area contributed by atoms with Crippen LogP contribution in [0.15, 0.2) is 23.1 Å². The Hall–Kier alpha value is -0.540. The van der Waals surface area contributed by atoms with Crippen LogP contribution >= 0.6 is 24.0 Å². The molecule has 0 saturated carbocycles. The molecule has 2 unspecified atom stereocenters. The minimum Gasteiger partial charge on any atom is -0.326 e. The van der Waals surface area contributed by atoms with Crippen LogP contribution in [-0.2, 0) is 16.2 Å². The molecule has 1 aliphatic rings. The quantitative estimate of drug-likeness (QED) is 0.860. The second-order valence-corrected chi connectivity index (χ2v) is 7.44. The molecule has 2 N–H and O–H groups in total. The number of alkyl halides is 3. The highest BCUT2D eigenvalue weighted by atomic mass is 35.5. The van der Waals surface area contributed by atoms with E-state index in [9.17, 15) is 21.6 Å². The van der Waals surface area contributed by atoms with Crippen molar-refractivity contribution in [1.29, 1.82) is 0 Å². The molecule has 2 rings (SSSR count). The van der Waals surface area contributed by atoms with Gasteiger partial charge in [0.25, 0.3) is 0 Å². The summed E-state index contributed by atoms with van der Waals surface area (Å²) in [5.74, 6) is -0.110. The van der Waals surface area contributed by atoms with Crippen LogP contribution in [0.2, 0.25) is 5.02 Å². The first kappa shape index (κ1) is 19.5. The van der Waals surface area contributed by atoms with Crippen molar-refractivity contribution in [3.63, 3.8) is 0 Å². The van der Waals surface area contributed by atoms with Gasteiger partial charge in [-0.3, -0.25) is 0 Å². The minimum absolute atomic E-state index is 0. The van der Waals surface area contributed by atoms with Gasteiger partial charge in [-0.15, -0.1) is 12.4 Å². The Balaban J connectivity index is 0.00000242. The maximum atomic E-state index is 13.0. The fourth-order valence-electron chi connectivity index (χ4n) is 2.23. The van der Waals surface area contributed by atoms with Crippen LogP contribution in [0.3, 0.4) is 0 Å². The third-order valence-electron chi connectivity index (χ3n) is 3.50. The lowest BCUT2D eigenvalue weighted by atomic mass is 10.1. The molecule has 0 aromatic heterocycles. The standard InChI is InChI=1S/C12H14ClF3N2O2S.ClH/c1-7-5-18(6-10(7)17)21(19,20)11-3-2-8(13)4-9(11)12(14,15)16;/h2-4,7,10H,5-6,17H2,1H3;1H. The van der Waals surface area contributed by atoms with Crippen molar-refractivity contribution < 1.29 is 21.6 Å². The van der Waals surface area contributed by atoms with Crippen molar-refractivity contribution in [3.8, 4) is 0 Å². The largest absolute Gasteiger partial charge is 0.417 e. The molecule has 1 fully saturated rings. The van der Waals surface area contributed by atoms with Gasteiger partial charge >= 0.3 is 6.18 Å². The molecule has 1 aliphatic heterocycles. The Bertz CT molecular complexity index is 642.